The lowest BCUT2D eigenvalue weighted by Gasteiger charge is -2.37. The highest BCUT2D eigenvalue weighted by atomic mass is 35.5. The first-order valence-corrected chi connectivity index (χ1v) is 9.57. The number of amides is 2. The smallest absolute Gasteiger partial charge is 0.277 e. The molecule has 0 N–H and O–H groups in total. The summed E-state index contributed by atoms with van der Waals surface area (Å²) < 4.78 is 5.79. The van der Waals surface area contributed by atoms with E-state index in [0.717, 1.165) is 18.4 Å². The van der Waals surface area contributed by atoms with Crippen LogP contribution in [0.3, 0.4) is 0 Å². The minimum Gasteiger partial charge on any atom is -0.372 e. The Labute approximate surface area is 159 Å². The second-order valence-electron chi connectivity index (χ2n) is 7.01. The quantitative estimate of drug-likeness (QED) is 0.739. The molecule has 3 rings (SSSR count). The summed E-state index contributed by atoms with van der Waals surface area (Å²) in [5, 5.41) is 0.601. The van der Waals surface area contributed by atoms with Crippen molar-refractivity contribution in [3.63, 3.8) is 0 Å². The number of halogens is 1. The van der Waals surface area contributed by atoms with Crippen LogP contribution < -0.4 is 0 Å². The first-order valence-electron chi connectivity index (χ1n) is 9.19. The molecule has 0 aliphatic carbocycles. The monoisotopic (exact) mass is 376 g/mol. The highest BCUT2D eigenvalue weighted by Crippen LogP contribution is 2.33. The lowest BCUT2D eigenvalue weighted by Crippen LogP contribution is -2.47. The van der Waals surface area contributed by atoms with Crippen LogP contribution in [0.25, 0.3) is 5.57 Å². The predicted molar refractivity (Wildman–Crippen MR) is 102 cm³/mol. The molecule has 2 aliphatic rings. The average molecular weight is 377 g/mol. The fraction of sp³-hybridized carbons (Fsp3) is 0.500. The second-order valence-corrected chi connectivity index (χ2v) is 7.44. The van der Waals surface area contributed by atoms with Crippen molar-refractivity contribution < 1.29 is 14.3 Å². The van der Waals surface area contributed by atoms with Crippen LogP contribution in [-0.4, -0.2) is 53.5 Å². The van der Waals surface area contributed by atoms with Crippen molar-refractivity contribution >= 4 is 29.0 Å². The van der Waals surface area contributed by atoms with Crippen LogP contribution in [-0.2, 0) is 14.3 Å². The Kier molecular flexibility index (Phi) is 5.68. The summed E-state index contributed by atoms with van der Waals surface area (Å²) in [5.41, 5.74) is 1.70. The van der Waals surface area contributed by atoms with E-state index in [4.69, 9.17) is 16.3 Å². The number of benzene rings is 1. The van der Waals surface area contributed by atoms with Crippen molar-refractivity contribution in [2.24, 2.45) is 0 Å². The van der Waals surface area contributed by atoms with Crippen LogP contribution >= 0.6 is 11.6 Å². The highest BCUT2D eigenvalue weighted by Gasteiger charge is 2.42. The van der Waals surface area contributed by atoms with Gasteiger partial charge >= 0.3 is 0 Å². The zero-order valence-electron chi connectivity index (χ0n) is 15.5. The number of nitrogens with zero attached hydrogens (tertiary/aromatic N) is 2. The number of imide groups is 1. The minimum atomic E-state index is -0.215. The Morgan fingerprint density at radius 3 is 2.27 bits per heavy atom. The summed E-state index contributed by atoms with van der Waals surface area (Å²) in [7, 11) is 0. The SMILES string of the molecule is CCCCN1C(=O)C(c2ccc(Cl)cc2)=C(N2CC(C)OC(C)C2)C1=O. The molecule has 26 heavy (non-hydrogen) atoms. The summed E-state index contributed by atoms with van der Waals surface area (Å²) >= 11 is 6.00. The van der Waals surface area contributed by atoms with Gasteiger partial charge in [-0.15, -0.1) is 0 Å². The maximum atomic E-state index is 13.1. The van der Waals surface area contributed by atoms with Gasteiger partial charge in [-0.25, -0.2) is 0 Å². The van der Waals surface area contributed by atoms with Crippen LogP contribution in [0, 0.1) is 0 Å². The van der Waals surface area contributed by atoms with Gasteiger partial charge in [-0.3, -0.25) is 14.5 Å². The lowest BCUT2D eigenvalue weighted by molar-refractivity contribution is -0.138. The molecule has 2 heterocycles. The zero-order valence-corrected chi connectivity index (χ0v) is 16.3. The number of hydrogen-bond acceptors (Lipinski definition) is 4. The van der Waals surface area contributed by atoms with Gasteiger partial charge in [-0.1, -0.05) is 37.1 Å². The van der Waals surface area contributed by atoms with Gasteiger partial charge < -0.3 is 9.64 Å². The fourth-order valence-electron chi connectivity index (χ4n) is 3.61. The molecule has 2 atom stereocenters. The summed E-state index contributed by atoms with van der Waals surface area (Å²) in [6.07, 6.45) is 1.73. The molecule has 2 unspecified atom stereocenters. The molecule has 1 aromatic rings. The Morgan fingerprint density at radius 2 is 1.69 bits per heavy atom. The van der Waals surface area contributed by atoms with Crippen LogP contribution in [0.4, 0.5) is 0 Å². The van der Waals surface area contributed by atoms with Crippen LogP contribution in [0.2, 0.25) is 5.02 Å². The third kappa shape index (κ3) is 3.64. The van der Waals surface area contributed by atoms with Gasteiger partial charge in [-0.05, 0) is 38.0 Å². The molecule has 0 radical (unpaired) electrons. The van der Waals surface area contributed by atoms with Gasteiger partial charge in [0, 0.05) is 24.7 Å². The van der Waals surface area contributed by atoms with Gasteiger partial charge in [0.2, 0.25) is 0 Å². The first-order chi connectivity index (χ1) is 12.4. The molecule has 2 amide bonds. The van der Waals surface area contributed by atoms with E-state index in [1.807, 2.05) is 25.7 Å². The number of unbranched alkanes of at least 4 members (excludes halogenated alkanes) is 1. The van der Waals surface area contributed by atoms with Gasteiger partial charge in [0.15, 0.2) is 0 Å². The zero-order chi connectivity index (χ0) is 18.8. The van der Waals surface area contributed by atoms with E-state index in [2.05, 4.69) is 0 Å². The van der Waals surface area contributed by atoms with E-state index in [1.54, 1.807) is 24.3 Å². The standard InChI is InChI=1S/C20H25ClN2O3/c1-4-5-10-23-19(24)17(15-6-8-16(21)9-7-15)18(20(23)25)22-11-13(2)26-14(3)12-22/h6-9,13-14H,4-5,10-12H2,1-3H3. The minimum absolute atomic E-state index is 0.00492. The molecule has 0 spiro atoms. The summed E-state index contributed by atoms with van der Waals surface area (Å²) in [5.74, 6) is -0.415. The maximum Gasteiger partial charge on any atom is 0.277 e. The van der Waals surface area contributed by atoms with Crippen molar-refractivity contribution in [2.75, 3.05) is 19.6 Å². The molecule has 2 aliphatic heterocycles. The summed E-state index contributed by atoms with van der Waals surface area (Å²) in [6.45, 7) is 7.66. The molecule has 1 fully saturated rings. The normalized spacial score (nSPS) is 24.0. The van der Waals surface area contributed by atoms with Gasteiger partial charge in [0.1, 0.15) is 5.70 Å². The van der Waals surface area contributed by atoms with Crippen molar-refractivity contribution in [3.05, 3.63) is 40.5 Å². The molecule has 140 valence electrons. The number of carbonyl (C=O) groups is 2. The molecule has 0 bridgehead atoms. The molecule has 0 saturated carbocycles. The van der Waals surface area contributed by atoms with E-state index >= 15 is 0 Å². The van der Waals surface area contributed by atoms with Gasteiger partial charge in [0.25, 0.3) is 11.8 Å². The van der Waals surface area contributed by atoms with Crippen molar-refractivity contribution in [1.82, 2.24) is 9.80 Å². The van der Waals surface area contributed by atoms with Crippen molar-refractivity contribution in [3.8, 4) is 0 Å². The molecule has 5 nitrogen and oxygen atoms in total. The highest BCUT2D eigenvalue weighted by molar-refractivity contribution is 6.36. The molecule has 1 aromatic carbocycles. The Morgan fingerprint density at radius 1 is 1.08 bits per heavy atom. The van der Waals surface area contributed by atoms with E-state index < -0.39 is 0 Å². The molecule has 0 aromatic heterocycles. The number of rotatable bonds is 5. The topological polar surface area (TPSA) is 49.9 Å². The summed E-state index contributed by atoms with van der Waals surface area (Å²) in [6, 6.07) is 7.11. The third-order valence-corrected chi connectivity index (χ3v) is 5.00. The molecule has 1 saturated heterocycles. The lowest BCUT2D eigenvalue weighted by atomic mass is 10.0. The maximum absolute atomic E-state index is 13.1. The van der Waals surface area contributed by atoms with E-state index in [0.29, 0.717) is 35.9 Å². The first kappa shape index (κ1) is 18.9. The van der Waals surface area contributed by atoms with Crippen molar-refractivity contribution in [2.45, 2.75) is 45.8 Å². The molecular weight excluding hydrogens is 352 g/mol. The largest absolute Gasteiger partial charge is 0.372 e. The molecular formula is C20H25ClN2O3. The number of hydrogen-bond donors (Lipinski definition) is 0. The van der Waals surface area contributed by atoms with Crippen LogP contribution in [0.1, 0.15) is 39.2 Å². The second kappa shape index (κ2) is 7.80. The third-order valence-electron chi connectivity index (χ3n) is 4.75. The van der Waals surface area contributed by atoms with E-state index in [1.165, 1.54) is 4.90 Å². The molecule has 6 heteroatoms. The Hall–Kier alpha value is -1.85. The van der Waals surface area contributed by atoms with Crippen LogP contribution in [0.15, 0.2) is 30.0 Å². The number of ether oxygens (including phenoxy) is 1. The van der Waals surface area contributed by atoms with Gasteiger partial charge in [0.05, 0.1) is 17.8 Å². The van der Waals surface area contributed by atoms with Crippen LogP contribution in [0.5, 0.6) is 0 Å². The van der Waals surface area contributed by atoms with E-state index in [-0.39, 0.29) is 24.0 Å². The Balaban J connectivity index is 2.04. The Bertz CT molecular complexity index is 719. The number of carbonyl (C=O) groups excluding carboxylic acids is 2. The fourth-order valence-corrected chi connectivity index (χ4v) is 3.74. The van der Waals surface area contributed by atoms with Gasteiger partial charge in [-0.2, -0.15) is 0 Å². The van der Waals surface area contributed by atoms with E-state index in [9.17, 15) is 9.59 Å². The van der Waals surface area contributed by atoms with Crippen molar-refractivity contribution in [1.29, 1.82) is 0 Å². The average Bonchev–Trinajstić information content (AvgIpc) is 2.83. The predicted octanol–water partition coefficient (Wildman–Crippen LogP) is 3.33. The summed E-state index contributed by atoms with van der Waals surface area (Å²) in [4.78, 5) is 29.6. The number of morpholine rings is 1.